The third-order valence-electron chi connectivity index (χ3n) is 2.89. The summed E-state index contributed by atoms with van der Waals surface area (Å²) in [7, 11) is 0. The van der Waals surface area contributed by atoms with Crippen molar-refractivity contribution < 1.29 is 4.79 Å². The van der Waals surface area contributed by atoms with Gasteiger partial charge in [0.25, 0.3) is 5.91 Å². The maximum atomic E-state index is 11.7. The highest BCUT2D eigenvalue weighted by Gasteiger charge is 2.14. The molecule has 0 bridgehead atoms. The zero-order valence-electron chi connectivity index (χ0n) is 9.28. The fourth-order valence-corrected chi connectivity index (χ4v) is 1.94. The average molecular weight is 219 g/mol. The summed E-state index contributed by atoms with van der Waals surface area (Å²) in [6.07, 6.45) is 5.67. The number of nitrogens with zero attached hydrogens (tertiary/aromatic N) is 1. The van der Waals surface area contributed by atoms with Crippen LogP contribution < -0.4 is 10.6 Å². The average Bonchev–Trinajstić information content (AvgIpc) is 2.38. The molecule has 0 spiro atoms. The topological polar surface area (TPSA) is 54.0 Å². The summed E-state index contributed by atoms with van der Waals surface area (Å²) in [5.41, 5.74) is 0.679. The Balaban J connectivity index is 1.79. The molecule has 4 nitrogen and oxygen atoms in total. The molecule has 2 N–H and O–H groups in total. The molecule has 2 heterocycles. The van der Waals surface area contributed by atoms with Crippen molar-refractivity contribution in [1.29, 1.82) is 0 Å². The molecule has 0 aliphatic carbocycles. The number of hydrogen-bond donors (Lipinski definition) is 2. The highest BCUT2D eigenvalue weighted by molar-refractivity contribution is 5.93. The van der Waals surface area contributed by atoms with E-state index in [0.717, 1.165) is 19.6 Å². The van der Waals surface area contributed by atoms with E-state index in [1.54, 1.807) is 24.5 Å². The van der Waals surface area contributed by atoms with E-state index in [0.29, 0.717) is 11.5 Å². The minimum absolute atomic E-state index is 0.00651. The Morgan fingerprint density at radius 2 is 2.31 bits per heavy atom. The molecule has 1 aliphatic heterocycles. The van der Waals surface area contributed by atoms with E-state index >= 15 is 0 Å². The van der Waals surface area contributed by atoms with Gasteiger partial charge in [0.2, 0.25) is 0 Å². The van der Waals surface area contributed by atoms with Gasteiger partial charge in [0.15, 0.2) is 0 Å². The van der Waals surface area contributed by atoms with E-state index in [1.165, 1.54) is 12.8 Å². The van der Waals surface area contributed by atoms with Crippen molar-refractivity contribution in [3.8, 4) is 0 Å². The summed E-state index contributed by atoms with van der Waals surface area (Å²) in [5, 5.41) is 6.30. The molecule has 1 unspecified atom stereocenters. The molecular formula is C12H17N3O. The predicted octanol–water partition coefficient (Wildman–Crippen LogP) is 0.811. The van der Waals surface area contributed by atoms with Crippen LogP contribution in [-0.2, 0) is 0 Å². The number of hydrogen-bond acceptors (Lipinski definition) is 3. The van der Waals surface area contributed by atoms with Gasteiger partial charge >= 0.3 is 0 Å². The maximum absolute atomic E-state index is 11.7. The molecule has 1 atom stereocenters. The van der Waals surface area contributed by atoms with Crippen LogP contribution in [0.1, 0.15) is 23.2 Å². The van der Waals surface area contributed by atoms with Gasteiger partial charge in [-0.05, 0) is 44.0 Å². The van der Waals surface area contributed by atoms with E-state index in [4.69, 9.17) is 0 Å². The third-order valence-corrected chi connectivity index (χ3v) is 2.89. The summed E-state index contributed by atoms with van der Waals surface area (Å²) >= 11 is 0. The number of piperidine rings is 1. The van der Waals surface area contributed by atoms with Crippen LogP contribution in [0.4, 0.5) is 0 Å². The summed E-state index contributed by atoms with van der Waals surface area (Å²) in [4.78, 5) is 15.6. The van der Waals surface area contributed by atoms with Gasteiger partial charge in [0, 0.05) is 24.5 Å². The molecule has 2 rings (SSSR count). The van der Waals surface area contributed by atoms with Crippen molar-refractivity contribution in [1.82, 2.24) is 15.6 Å². The number of pyridine rings is 1. The molecule has 4 heteroatoms. The molecule has 1 aliphatic rings. The quantitative estimate of drug-likeness (QED) is 0.791. The van der Waals surface area contributed by atoms with Crippen molar-refractivity contribution in [2.75, 3.05) is 19.6 Å². The van der Waals surface area contributed by atoms with Gasteiger partial charge < -0.3 is 10.6 Å². The van der Waals surface area contributed by atoms with Crippen molar-refractivity contribution in [2.45, 2.75) is 12.8 Å². The monoisotopic (exact) mass is 219 g/mol. The van der Waals surface area contributed by atoms with Crippen molar-refractivity contribution in [2.24, 2.45) is 5.92 Å². The molecule has 0 aromatic carbocycles. The zero-order chi connectivity index (χ0) is 11.2. The number of amides is 1. The van der Waals surface area contributed by atoms with Crippen LogP contribution in [0.2, 0.25) is 0 Å². The Morgan fingerprint density at radius 3 is 3.00 bits per heavy atom. The van der Waals surface area contributed by atoms with Crippen LogP contribution in [0, 0.1) is 5.92 Å². The first-order valence-corrected chi connectivity index (χ1v) is 5.75. The first kappa shape index (κ1) is 11.1. The van der Waals surface area contributed by atoms with E-state index in [9.17, 15) is 4.79 Å². The van der Waals surface area contributed by atoms with Gasteiger partial charge in [-0.1, -0.05) is 0 Å². The molecule has 1 amide bonds. The highest BCUT2D eigenvalue weighted by atomic mass is 16.1. The third kappa shape index (κ3) is 3.03. The Kier molecular flexibility index (Phi) is 3.88. The lowest BCUT2D eigenvalue weighted by Crippen LogP contribution is -2.38. The van der Waals surface area contributed by atoms with Gasteiger partial charge in [-0.25, -0.2) is 0 Å². The van der Waals surface area contributed by atoms with Crippen LogP contribution in [-0.4, -0.2) is 30.5 Å². The lowest BCUT2D eigenvalue weighted by Gasteiger charge is -2.22. The number of rotatable bonds is 3. The van der Waals surface area contributed by atoms with Crippen molar-refractivity contribution in [3.63, 3.8) is 0 Å². The van der Waals surface area contributed by atoms with E-state index in [-0.39, 0.29) is 5.91 Å². The molecule has 1 fully saturated rings. The fraction of sp³-hybridized carbons (Fsp3) is 0.500. The van der Waals surface area contributed by atoms with Crippen LogP contribution in [0.5, 0.6) is 0 Å². The van der Waals surface area contributed by atoms with Gasteiger partial charge in [-0.3, -0.25) is 9.78 Å². The maximum Gasteiger partial charge on any atom is 0.251 e. The fourth-order valence-electron chi connectivity index (χ4n) is 1.94. The first-order valence-electron chi connectivity index (χ1n) is 5.75. The minimum atomic E-state index is -0.00651. The van der Waals surface area contributed by atoms with Crippen molar-refractivity contribution in [3.05, 3.63) is 30.1 Å². The minimum Gasteiger partial charge on any atom is -0.352 e. The zero-order valence-corrected chi connectivity index (χ0v) is 9.28. The van der Waals surface area contributed by atoms with Gasteiger partial charge in [0.1, 0.15) is 0 Å². The molecule has 16 heavy (non-hydrogen) atoms. The van der Waals surface area contributed by atoms with Crippen LogP contribution in [0.15, 0.2) is 24.5 Å². The molecular weight excluding hydrogens is 202 g/mol. The van der Waals surface area contributed by atoms with Crippen LogP contribution >= 0.6 is 0 Å². The van der Waals surface area contributed by atoms with Gasteiger partial charge in [0.05, 0.1) is 0 Å². The summed E-state index contributed by atoms with van der Waals surface area (Å²) in [5.74, 6) is 0.563. The molecule has 0 saturated carbocycles. The number of nitrogens with one attached hydrogen (secondary N) is 2. The molecule has 1 aromatic rings. The Labute approximate surface area is 95.5 Å². The largest absolute Gasteiger partial charge is 0.352 e. The number of carbonyl (C=O) groups excluding carboxylic acids is 1. The van der Waals surface area contributed by atoms with Crippen LogP contribution in [0.3, 0.4) is 0 Å². The van der Waals surface area contributed by atoms with E-state index in [2.05, 4.69) is 15.6 Å². The lowest BCUT2D eigenvalue weighted by molar-refractivity contribution is 0.0944. The van der Waals surface area contributed by atoms with Gasteiger partial charge in [-0.2, -0.15) is 0 Å². The van der Waals surface area contributed by atoms with E-state index in [1.807, 2.05) is 0 Å². The number of aromatic nitrogens is 1. The smallest absolute Gasteiger partial charge is 0.251 e. The second kappa shape index (κ2) is 5.61. The molecule has 1 saturated heterocycles. The second-order valence-electron chi connectivity index (χ2n) is 4.16. The SMILES string of the molecule is O=C(NCC1CCCNC1)c1ccncc1. The summed E-state index contributed by atoms with van der Waals surface area (Å²) < 4.78 is 0. The van der Waals surface area contributed by atoms with Crippen LogP contribution in [0.25, 0.3) is 0 Å². The Morgan fingerprint density at radius 1 is 1.50 bits per heavy atom. The lowest BCUT2D eigenvalue weighted by atomic mass is 10.00. The highest BCUT2D eigenvalue weighted by Crippen LogP contribution is 2.08. The molecule has 1 aromatic heterocycles. The number of carbonyl (C=O) groups is 1. The molecule has 0 radical (unpaired) electrons. The standard InChI is InChI=1S/C12H17N3O/c16-12(11-3-6-13-7-4-11)15-9-10-2-1-5-14-8-10/h3-4,6-7,10,14H,1-2,5,8-9H2,(H,15,16). The first-order chi connectivity index (χ1) is 7.86. The normalized spacial score (nSPS) is 20.4. The Bertz CT molecular complexity index is 333. The Hall–Kier alpha value is -1.42. The second-order valence-corrected chi connectivity index (χ2v) is 4.16. The summed E-state index contributed by atoms with van der Waals surface area (Å²) in [6, 6.07) is 3.46. The van der Waals surface area contributed by atoms with Gasteiger partial charge in [-0.15, -0.1) is 0 Å². The van der Waals surface area contributed by atoms with E-state index < -0.39 is 0 Å². The van der Waals surface area contributed by atoms with Crippen molar-refractivity contribution >= 4 is 5.91 Å². The summed E-state index contributed by atoms with van der Waals surface area (Å²) in [6.45, 7) is 2.87. The molecule has 86 valence electrons. The predicted molar refractivity (Wildman–Crippen MR) is 62.2 cm³/mol.